The zero-order valence-electron chi connectivity index (χ0n) is 17.4. The van der Waals surface area contributed by atoms with Gasteiger partial charge in [0, 0.05) is 38.4 Å². The highest BCUT2D eigenvalue weighted by molar-refractivity contribution is 9.10. The van der Waals surface area contributed by atoms with Crippen molar-refractivity contribution in [2.24, 2.45) is 0 Å². The zero-order chi connectivity index (χ0) is 23.1. The van der Waals surface area contributed by atoms with Crippen molar-refractivity contribution < 1.29 is 14.0 Å². The van der Waals surface area contributed by atoms with E-state index in [0.29, 0.717) is 38.4 Å². The van der Waals surface area contributed by atoms with E-state index in [1.54, 1.807) is 12.1 Å². The minimum atomic E-state index is -0.678. The number of anilines is 1. The van der Waals surface area contributed by atoms with E-state index >= 15 is 0 Å². The summed E-state index contributed by atoms with van der Waals surface area (Å²) < 4.78 is 14.7. The summed E-state index contributed by atoms with van der Waals surface area (Å²) in [5.74, 6) is -0.766. The van der Waals surface area contributed by atoms with Crippen molar-refractivity contribution in [3.63, 3.8) is 0 Å². The van der Waals surface area contributed by atoms with Gasteiger partial charge in [-0.25, -0.2) is 9.18 Å². The van der Waals surface area contributed by atoms with E-state index in [1.165, 1.54) is 18.2 Å². The van der Waals surface area contributed by atoms with Crippen molar-refractivity contribution in [2.45, 2.75) is 24.9 Å². The van der Waals surface area contributed by atoms with Gasteiger partial charge in [-0.3, -0.25) is 4.79 Å². The summed E-state index contributed by atoms with van der Waals surface area (Å²) in [6.45, 7) is 0.637. The molecule has 0 radical (unpaired) electrons. The second kappa shape index (κ2) is 8.80. The van der Waals surface area contributed by atoms with Gasteiger partial charge in [0.05, 0.1) is 12.1 Å². The van der Waals surface area contributed by atoms with E-state index in [4.69, 9.17) is 11.6 Å². The number of likely N-dealkylation sites (tertiary alicyclic amines) is 1. The lowest BCUT2D eigenvalue weighted by molar-refractivity contribution is 0.0960. The van der Waals surface area contributed by atoms with Crippen LogP contribution in [-0.4, -0.2) is 23.4 Å². The van der Waals surface area contributed by atoms with Crippen LogP contribution in [-0.2, 0) is 0 Å². The predicted molar refractivity (Wildman–Crippen MR) is 129 cm³/mol. The molecule has 2 aliphatic heterocycles. The van der Waals surface area contributed by atoms with Crippen LogP contribution in [0.2, 0.25) is 5.02 Å². The summed E-state index contributed by atoms with van der Waals surface area (Å²) in [6, 6.07) is 16.5. The number of rotatable bonds is 3. The fourth-order valence-electron chi connectivity index (χ4n) is 4.69. The molecule has 0 spiro atoms. The first-order chi connectivity index (χ1) is 15.9. The Bertz CT molecular complexity index is 1250. The molecule has 3 amide bonds. The minimum Gasteiger partial charge on any atom is -0.341 e. The molecule has 2 aliphatic rings. The average molecular weight is 529 g/mol. The molecule has 0 aliphatic carbocycles. The topological polar surface area (TPSA) is 61.4 Å². The molecule has 2 N–H and O–H groups in total. The third-order valence-corrected chi connectivity index (χ3v) is 6.96. The van der Waals surface area contributed by atoms with Crippen molar-refractivity contribution >= 4 is 45.2 Å². The quantitative estimate of drug-likeness (QED) is 0.411. The summed E-state index contributed by atoms with van der Waals surface area (Å²) in [5, 5.41) is 6.21. The van der Waals surface area contributed by atoms with E-state index in [9.17, 15) is 14.0 Å². The largest absolute Gasteiger partial charge is 0.341 e. The third-order valence-electron chi connectivity index (χ3n) is 6.16. The summed E-state index contributed by atoms with van der Waals surface area (Å²) >= 11 is 9.78. The molecule has 5 nitrogen and oxygen atoms in total. The number of amides is 3. The Kier molecular flexibility index (Phi) is 5.85. The highest BCUT2D eigenvalue weighted by Gasteiger charge is 2.36. The Morgan fingerprint density at radius 2 is 1.94 bits per heavy atom. The van der Waals surface area contributed by atoms with Gasteiger partial charge in [-0.1, -0.05) is 57.9 Å². The fraction of sp³-hybridized carbons (Fsp3) is 0.200. The lowest BCUT2D eigenvalue weighted by Crippen LogP contribution is -2.34. The average Bonchev–Trinajstić information content (AvgIpc) is 3.41. The summed E-state index contributed by atoms with van der Waals surface area (Å²) in [6.07, 6.45) is 1.79. The molecule has 2 heterocycles. The number of hydrogen-bond donors (Lipinski definition) is 2. The van der Waals surface area contributed by atoms with Crippen molar-refractivity contribution in [2.75, 3.05) is 11.9 Å². The Balaban J connectivity index is 1.51. The van der Waals surface area contributed by atoms with E-state index < -0.39 is 11.9 Å². The third kappa shape index (κ3) is 4.11. The molecule has 5 rings (SSSR count). The van der Waals surface area contributed by atoms with Crippen LogP contribution in [0.25, 0.3) is 0 Å². The lowest BCUT2D eigenvalue weighted by Gasteiger charge is -2.26. The Morgan fingerprint density at radius 3 is 2.73 bits per heavy atom. The maximum absolute atomic E-state index is 14.0. The highest BCUT2D eigenvalue weighted by Crippen LogP contribution is 2.41. The molecule has 168 valence electrons. The molecule has 0 aromatic heterocycles. The molecule has 33 heavy (non-hydrogen) atoms. The van der Waals surface area contributed by atoms with E-state index in [0.717, 1.165) is 18.4 Å². The lowest BCUT2D eigenvalue weighted by atomic mass is 9.96. The number of benzene rings is 3. The maximum Gasteiger partial charge on any atom is 0.322 e. The molecular weight excluding hydrogens is 509 g/mol. The molecule has 0 bridgehead atoms. The number of halogens is 3. The number of carbonyl (C=O) groups excluding carboxylic acids is 2. The second-order valence-electron chi connectivity index (χ2n) is 8.18. The number of nitrogens with zero attached hydrogens (tertiary/aromatic N) is 1. The maximum atomic E-state index is 14.0. The summed E-state index contributed by atoms with van der Waals surface area (Å²) in [4.78, 5) is 27.9. The Hall–Kier alpha value is -2.90. The van der Waals surface area contributed by atoms with Gasteiger partial charge in [-0.05, 0) is 48.7 Å². The number of nitrogens with one attached hydrogen (secondary N) is 2. The fourth-order valence-corrected chi connectivity index (χ4v) is 5.37. The van der Waals surface area contributed by atoms with E-state index in [1.807, 2.05) is 35.2 Å². The van der Waals surface area contributed by atoms with Crippen LogP contribution in [0.1, 0.15) is 52.0 Å². The Labute approximate surface area is 204 Å². The van der Waals surface area contributed by atoms with E-state index in [2.05, 4.69) is 26.6 Å². The number of urea groups is 1. The van der Waals surface area contributed by atoms with Crippen LogP contribution >= 0.6 is 27.5 Å². The van der Waals surface area contributed by atoms with Gasteiger partial charge in [0.25, 0.3) is 5.91 Å². The minimum absolute atomic E-state index is 0.0142. The van der Waals surface area contributed by atoms with Crippen LogP contribution in [0.15, 0.2) is 65.1 Å². The molecule has 1 saturated heterocycles. The van der Waals surface area contributed by atoms with Crippen LogP contribution in [0.5, 0.6) is 0 Å². The SMILES string of the molecule is O=C1NC(c2cc(F)ccc2Cl)c2c(NC(=O)N3CCCC3c3ccccc3)cc(Br)cc21. The number of hydrogen-bond acceptors (Lipinski definition) is 2. The molecule has 8 heteroatoms. The van der Waals surface area contributed by atoms with Crippen LogP contribution in [0.3, 0.4) is 0 Å². The molecule has 2 unspecified atom stereocenters. The normalized spacial score (nSPS) is 19.4. The molecule has 3 aromatic carbocycles. The first-order valence-electron chi connectivity index (χ1n) is 10.6. The summed E-state index contributed by atoms with van der Waals surface area (Å²) in [7, 11) is 0. The predicted octanol–water partition coefficient (Wildman–Crippen LogP) is 6.44. The molecular formula is C25H20BrClFN3O2. The molecule has 2 atom stereocenters. The monoisotopic (exact) mass is 527 g/mol. The van der Waals surface area contributed by atoms with Gasteiger partial charge < -0.3 is 15.5 Å². The van der Waals surface area contributed by atoms with Crippen molar-refractivity contribution in [1.29, 1.82) is 0 Å². The molecule has 0 saturated carbocycles. The second-order valence-corrected chi connectivity index (χ2v) is 9.50. The standard InChI is InChI=1S/C25H20BrClFN3O2/c26-15-11-18-22(23(30-24(18)32)17-13-16(28)8-9-19(17)27)20(12-15)29-25(33)31-10-4-7-21(31)14-5-2-1-3-6-14/h1-3,5-6,8-9,11-13,21,23H,4,7,10H2,(H,29,33)(H,30,32). The molecule has 1 fully saturated rings. The summed E-state index contributed by atoms with van der Waals surface area (Å²) in [5.41, 5.74) is 2.98. The first-order valence-corrected chi connectivity index (χ1v) is 11.8. The zero-order valence-corrected chi connectivity index (χ0v) is 19.8. The van der Waals surface area contributed by atoms with Gasteiger partial charge in [0.1, 0.15) is 5.82 Å². The van der Waals surface area contributed by atoms with Gasteiger partial charge in [0.15, 0.2) is 0 Å². The van der Waals surface area contributed by atoms with Gasteiger partial charge >= 0.3 is 6.03 Å². The van der Waals surface area contributed by atoms with Crippen LogP contribution < -0.4 is 10.6 Å². The van der Waals surface area contributed by atoms with Crippen molar-refractivity contribution in [3.8, 4) is 0 Å². The highest BCUT2D eigenvalue weighted by atomic mass is 79.9. The van der Waals surface area contributed by atoms with Crippen molar-refractivity contribution in [3.05, 3.63) is 98.2 Å². The van der Waals surface area contributed by atoms with Gasteiger partial charge in [0.2, 0.25) is 0 Å². The number of carbonyl (C=O) groups is 2. The smallest absolute Gasteiger partial charge is 0.322 e. The van der Waals surface area contributed by atoms with Crippen molar-refractivity contribution in [1.82, 2.24) is 10.2 Å². The van der Waals surface area contributed by atoms with E-state index in [-0.39, 0.29) is 18.0 Å². The van der Waals surface area contributed by atoms with Crippen LogP contribution in [0.4, 0.5) is 14.9 Å². The Morgan fingerprint density at radius 1 is 1.15 bits per heavy atom. The molecule has 3 aromatic rings. The van der Waals surface area contributed by atoms with Crippen LogP contribution in [0, 0.1) is 5.82 Å². The first kappa shape index (κ1) is 21.9. The van der Waals surface area contributed by atoms with Gasteiger partial charge in [-0.15, -0.1) is 0 Å². The number of fused-ring (bicyclic) bond motifs is 1. The van der Waals surface area contributed by atoms with Gasteiger partial charge in [-0.2, -0.15) is 0 Å².